The van der Waals surface area contributed by atoms with Crippen LogP contribution in [0.3, 0.4) is 0 Å². The highest BCUT2D eigenvalue weighted by atomic mass is 16.5. The Bertz CT molecular complexity index is 1270. The smallest absolute Gasteiger partial charge is 0.197 e. The van der Waals surface area contributed by atoms with Crippen LogP contribution in [0.2, 0.25) is 0 Å². The lowest BCUT2D eigenvalue weighted by molar-refractivity contribution is 0.356. The number of fused-ring (bicyclic) bond motifs is 2. The van der Waals surface area contributed by atoms with Crippen LogP contribution in [0.5, 0.6) is 17.2 Å². The predicted molar refractivity (Wildman–Crippen MR) is 112 cm³/mol. The molecule has 4 aromatic rings. The molecule has 1 aromatic heterocycles. The lowest BCUT2D eigenvalue weighted by Gasteiger charge is -2.14. The number of methoxy groups -OCH3 is 3. The first-order valence-electron chi connectivity index (χ1n) is 8.86. The molecule has 3 aromatic carbocycles. The van der Waals surface area contributed by atoms with Crippen molar-refractivity contribution < 1.29 is 14.2 Å². The number of ether oxygens (including phenoxy) is 3. The summed E-state index contributed by atoms with van der Waals surface area (Å²) in [6.45, 7) is 0. The number of rotatable bonds is 5. The first-order chi connectivity index (χ1) is 14.1. The van der Waals surface area contributed by atoms with Crippen LogP contribution in [0.1, 0.15) is 0 Å². The summed E-state index contributed by atoms with van der Waals surface area (Å²) in [5.41, 5.74) is 12.3. The maximum Gasteiger partial charge on any atom is 0.197 e. The molecule has 0 unspecified atom stereocenters. The molecule has 146 valence electrons. The predicted octanol–water partition coefficient (Wildman–Crippen LogP) is 5.36. The summed E-state index contributed by atoms with van der Waals surface area (Å²) in [7, 11) is 6.67. The van der Waals surface area contributed by atoms with Gasteiger partial charge < -0.3 is 18.8 Å². The highest BCUT2D eigenvalue weighted by Gasteiger charge is 2.18. The fourth-order valence-electron chi connectivity index (χ4n) is 3.53. The monoisotopic (exact) mass is 389 g/mol. The molecule has 0 saturated heterocycles. The molecule has 0 radical (unpaired) electrons. The molecule has 0 atom stereocenters. The van der Waals surface area contributed by atoms with E-state index in [9.17, 15) is 0 Å². The van der Waals surface area contributed by atoms with Crippen LogP contribution in [0.4, 0.5) is 5.95 Å². The van der Waals surface area contributed by atoms with Gasteiger partial charge in [-0.3, -0.25) is 0 Å². The second-order valence-electron chi connectivity index (χ2n) is 6.44. The molecule has 0 aliphatic rings. The van der Waals surface area contributed by atoms with E-state index in [1.54, 1.807) is 25.9 Å². The van der Waals surface area contributed by atoms with Gasteiger partial charge in [-0.1, -0.05) is 12.1 Å². The Morgan fingerprint density at radius 2 is 1.66 bits per heavy atom. The van der Waals surface area contributed by atoms with Gasteiger partial charge in [0.1, 0.15) is 5.75 Å². The normalized spacial score (nSPS) is 10.8. The van der Waals surface area contributed by atoms with E-state index in [0.29, 0.717) is 17.4 Å². The van der Waals surface area contributed by atoms with E-state index in [1.165, 1.54) is 0 Å². The van der Waals surface area contributed by atoms with Crippen molar-refractivity contribution in [3.05, 3.63) is 52.9 Å². The molecular weight excluding hydrogens is 370 g/mol. The molecule has 8 nitrogen and oxygen atoms in total. The molecule has 4 rings (SSSR count). The zero-order valence-corrected chi connectivity index (χ0v) is 16.5. The number of azide groups is 1. The molecule has 0 saturated carbocycles. The Morgan fingerprint density at radius 3 is 2.28 bits per heavy atom. The Balaban J connectivity index is 2.16. The molecule has 0 spiro atoms. The Labute approximate surface area is 166 Å². The highest BCUT2D eigenvalue weighted by molar-refractivity contribution is 6.11. The van der Waals surface area contributed by atoms with E-state index in [1.807, 2.05) is 49.5 Å². The van der Waals surface area contributed by atoms with Crippen LogP contribution >= 0.6 is 0 Å². The van der Waals surface area contributed by atoms with Crippen LogP contribution < -0.4 is 14.2 Å². The Kier molecular flexibility index (Phi) is 4.62. The van der Waals surface area contributed by atoms with Gasteiger partial charge in [0.05, 0.1) is 32.4 Å². The van der Waals surface area contributed by atoms with Gasteiger partial charge in [-0.2, -0.15) is 0 Å². The second-order valence-corrected chi connectivity index (χ2v) is 6.44. The van der Waals surface area contributed by atoms with Gasteiger partial charge >= 0.3 is 0 Å². The lowest BCUT2D eigenvalue weighted by atomic mass is 9.96. The van der Waals surface area contributed by atoms with Crippen molar-refractivity contribution in [2.75, 3.05) is 21.3 Å². The van der Waals surface area contributed by atoms with Gasteiger partial charge in [0.15, 0.2) is 17.4 Å². The van der Waals surface area contributed by atoms with Crippen molar-refractivity contribution in [3.8, 4) is 28.4 Å². The maximum absolute atomic E-state index is 8.90. The van der Waals surface area contributed by atoms with Crippen LogP contribution in [-0.4, -0.2) is 30.9 Å². The fourth-order valence-corrected chi connectivity index (χ4v) is 3.53. The summed E-state index contributed by atoms with van der Waals surface area (Å²) in [5, 5.41) is 5.63. The maximum atomic E-state index is 8.90. The molecule has 0 N–H and O–H groups in total. The Morgan fingerprint density at radius 1 is 0.966 bits per heavy atom. The molecular formula is C21H19N5O3. The highest BCUT2D eigenvalue weighted by Crippen LogP contribution is 2.42. The third-order valence-corrected chi connectivity index (χ3v) is 4.98. The number of benzene rings is 3. The molecule has 8 heteroatoms. The summed E-state index contributed by atoms with van der Waals surface area (Å²) in [5.74, 6) is 2.32. The van der Waals surface area contributed by atoms with Gasteiger partial charge in [0.2, 0.25) is 0 Å². The minimum atomic E-state index is 0.298. The van der Waals surface area contributed by atoms with Gasteiger partial charge in [0.25, 0.3) is 0 Å². The summed E-state index contributed by atoms with van der Waals surface area (Å²) < 4.78 is 18.1. The van der Waals surface area contributed by atoms with Gasteiger partial charge in [0, 0.05) is 17.5 Å². The second kappa shape index (κ2) is 7.26. The van der Waals surface area contributed by atoms with Gasteiger partial charge in [-0.15, -0.1) is 0 Å². The molecule has 29 heavy (non-hydrogen) atoms. The van der Waals surface area contributed by atoms with E-state index in [0.717, 1.165) is 38.7 Å². The van der Waals surface area contributed by atoms with Crippen molar-refractivity contribution in [2.24, 2.45) is 12.2 Å². The average molecular weight is 389 g/mol. The topological polar surface area (TPSA) is 94.3 Å². The number of imidazole rings is 1. The molecule has 0 aliphatic carbocycles. The van der Waals surface area contributed by atoms with Crippen LogP contribution in [-0.2, 0) is 7.05 Å². The van der Waals surface area contributed by atoms with Crippen molar-refractivity contribution >= 4 is 27.8 Å². The SMILES string of the molecule is COc1ccc(-c2c3cc(OC)c(OC)cc3cc3c2nc(N=[N+]=[N-])n3C)cc1. The molecule has 0 bridgehead atoms. The third-order valence-electron chi connectivity index (χ3n) is 4.98. The fraction of sp³-hybridized carbons (Fsp3) is 0.190. The van der Waals surface area contributed by atoms with Crippen molar-refractivity contribution in [3.63, 3.8) is 0 Å². The van der Waals surface area contributed by atoms with E-state index in [-0.39, 0.29) is 0 Å². The average Bonchev–Trinajstić information content (AvgIpc) is 3.06. The Hall–Kier alpha value is -3.90. The zero-order valence-electron chi connectivity index (χ0n) is 16.5. The van der Waals surface area contributed by atoms with Gasteiger partial charge in [-0.05, 0) is 57.3 Å². The standard InChI is InChI=1S/C21H19N5O3/c1-26-16-9-13-10-17(28-3)18(29-4)11-15(13)19(20(16)23-21(26)24-25-22)12-5-7-14(27-2)8-6-12/h5-11H,1-4H3. The molecule has 0 fully saturated rings. The van der Waals surface area contributed by atoms with Crippen LogP contribution in [0.15, 0.2) is 47.6 Å². The van der Waals surface area contributed by atoms with Crippen molar-refractivity contribution in [1.82, 2.24) is 9.55 Å². The lowest BCUT2D eigenvalue weighted by Crippen LogP contribution is -1.93. The summed E-state index contributed by atoms with van der Waals surface area (Å²) in [6, 6.07) is 13.6. The van der Waals surface area contributed by atoms with Crippen LogP contribution in [0.25, 0.3) is 43.4 Å². The molecule has 0 aliphatic heterocycles. The largest absolute Gasteiger partial charge is 0.497 e. The van der Waals surface area contributed by atoms with E-state index in [2.05, 4.69) is 15.0 Å². The van der Waals surface area contributed by atoms with E-state index >= 15 is 0 Å². The van der Waals surface area contributed by atoms with Crippen LogP contribution in [0, 0.1) is 0 Å². The minimum Gasteiger partial charge on any atom is -0.497 e. The molecule has 1 heterocycles. The number of hydrogen-bond acceptors (Lipinski definition) is 5. The number of nitrogens with zero attached hydrogens (tertiary/aromatic N) is 5. The van der Waals surface area contributed by atoms with E-state index in [4.69, 9.17) is 19.7 Å². The van der Waals surface area contributed by atoms with E-state index < -0.39 is 0 Å². The molecule has 0 amide bonds. The minimum absolute atomic E-state index is 0.298. The van der Waals surface area contributed by atoms with Gasteiger partial charge in [-0.25, -0.2) is 4.98 Å². The number of aryl methyl sites for hydroxylation is 1. The number of hydrogen-bond donors (Lipinski definition) is 0. The first-order valence-corrected chi connectivity index (χ1v) is 8.86. The summed E-state index contributed by atoms with van der Waals surface area (Å²) in [6.07, 6.45) is 0. The quantitative estimate of drug-likeness (QED) is 0.261. The first kappa shape index (κ1) is 18.5. The van der Waals surface area contributed by atoms with Crippen molar-refractivity contribution in [1.29, 1.82) is 0 Å². The summed E-state index contributed by atoms with van der Waals surface area (Å²) >= 11 is 0. The number of aromatic nitrogens is 2. The van der Waals surface area contributed by atoms with Crippen molar-refractivity contribution in [2.45, 2.75) is 0 Å². The third kappa shape index (κ3) is 2.96. The summed E-state index contributed by atoms with van der Waals surface area (Å²) in [4.78, 5) is 7.50. The zero-order chi connectivity index (χ0) is 20.5.